The number of carbonyl (C=O) groups is 1. The van der Waals surface area contributed by atoms with E-state index in [1.54, 1.807) is 0 Å². The molecule has 1 heterocycles. The van der Waals surface area contributed by atoms with Crippen LogP contribution in [0.4, 0.5) is 0 Å². The maximum atomic E-state index is 12.4. The molecular weight excluding hydrogens is 250 g/mol. The third-order valence-corrected chi connectivity index (χ3v) is 5.01. The molecule has 0 bridgehead atoms. The summed E-state index contributed by atoms with van der Waals surface area (Å²) in [6.07, 6.45) is 4.94. The summed E-state index contributed by atoms with van der Waals surface area (Å²) >= 11 is 0. The molecule has 0 spiro atoms. The van der Waals surface area contributed by atoms with Gasteiger partial charge in [0.1, 0.15) is 0 Å². The number of hydrogen-bond donors (Lipinski definition) is 2. The van der Waals surface area contributed by atoms with E-state index in [9.17, 15) is 4.79 Å². The Bertz CT molecular complexity index is 330. The summed E-state index contributed by atoms with van der Waals surface area (Å²) in [4.78, 5) is 14.6. The highest BCUT2D eigenvalue weighted by molar-refractivity contribution is 5.82. The van der Waals surface area contributed by atoms with Crippen molar-refractivity contribution in [2.45, 2.75) is 51.6 Å². The molecule has 1 amide bonds. The predicted octanol–water partition coefficient (Wildman–Crippen LogP) is 1.47. The van der Waals surface area contributed by atoms with E-state index in [1.165, 1.54) is 19.3 Å². The fourth-order valence-electron chi connectivity index (χ4n) is 3.82. The molecule has 4 nitrogen and oxygen atoms in total. The summed E-state index contributed by atoms with van der Waals surface area (Å²) in [7, 11) is 4.19. The summed E-state index contributed by atoms with van der Waals surface area (Å²) in [5, 5.41) is 6.61. The summed E-state index contributed by atoms with van der Waals surface area (Å²) in [5.41, 5.74) is 0. The van der Waals surface area contributed by atoms with Crippen molar-refractivity contribution in [2.75, 3.05) is 27.2 Å². The van der Waals surface area contributed by atoms with Crippen LogP contribution in [0.3, 0.4) is 0 Å². The van der Waals surface area contributed by atoms with Crippen LogP contribution in [-0.4, -0.2) is 50.1 Å². The Balaban J connectivity index is 1.81. The van der Waals surface area contributed by atoms with Gasteiger partial charge in [0.15, 0.2) is 0 Å². The molecule has 0 radical (unpaired) electrons. The summed E-state index contributed by atoms with van der Waals surface area (Å²) in [6, 6.07) is 0.490. The van der Waals surface area contributed by atoms with Crippen molar-refractivity contribution in [3.63, 3.8) is 0 Å². The smallest absolute Gasteiger partial charge is 0.237 e. The van der Waals surface area contributed by atoms with Crippen molar-refractivity contribution < 1.29 is 4.79 Å². The molecule has 1 saturated heterocycles. The fourth-order valence-corrected chi connectivity index (χ4v) is 3.82. The van der Waals surface area contributed by atoms with Crippen LogP contribution in [0, 0.1) is 17.8 Å². The lowest BCUT2D eigenvalue weighted by Gasteiger charge is -2.27. The molecule has 4 unspecified atom stereocenters. The van der Waals surface area contributed by atoms with E-state index in [0.717, 1.165) is 25.4 Å². The van der Waals surface area contributed by atoms with Crippen molar-refractivity contribution in [3.05, 3.63) is 0 Å². The number of fused-ring (bicyclic) bond motifs is 1. The van der Waals surface area contributed by atoms with Crippen LogP contribution in [0.1, 0.15) is 39.5 Å². The summed E-state index contributed by atoms with van der Waals surface area (Å²) in [6.45, 7) is 6.27. The average molecular weight is 281 g/mol. The van der Waals surface area contributed by atoms with Gasteiger partial charge in [0, 0.05) is 12.6 Å². The molecular formula is C16H31N3O. The standard InChI is InChI=1S/C16H31N3O/c1-11(2)8-13(19(3)4)10-18-16(20)15-14-7-5-6-12(14)9-17-15/h11-15,17H,5-10H2,1-4H3,(H,18,20). The predicted molar refractivity (Wildman–Crippen MR) is 82.6 cm³/mol. The van der Waals surface area contributed by atoms with Crippen LogP contribution in [0.25, 0.3) is 0 Å². The van der Waals surface area contributed by atoms with Gasteiger partial charge in [0.05, 0.1) is 6.04 Å². The zero-order valence-electron chi connectivity index (χ0n) is 13.5. The number of likely N-dealkylation sites (N-methyl/N-ethyl adjacent to an activating group) is 1. The van der Waals surface area contributed by atoms with E-state index < -0.39 is 0 Å². The van der Waals surface area contributed by atoms with Gasteiger partial charge in [0.25, 0.3) is 0 Å². The van der Waals surface area contributed by atoms with E-state index in [2.05, 4.69) is 43.5 Å². The topological polar surface area (TPSA) is 44.4 Å². The van der Waals surface area contributed by atoms with Crippen molar-refractivity contribution >= 4 is 5.91 Å². The van der Waals surface area contributed by atoms with E-state index in [1.807, 2.05) is 0 Å². The zero-order chi connectivity index (χ0) is 14.7. The number of nitrogens with one attached hydrogen (secondary N) is 2. The highest BCUT2D eigenvalue weighted by Crippen LogP contribution is 2.37. The Hall–Kier alpha value is -0.610. The Morgan fingerprint density at radius 2 is 2.10 bits per heavy atom. The molecule has 116 valence electrons. The first-order valence-corrected chi connectivity index (χ1v) is 8.16. The molecule has 20 heavy (non-hydrogen) atoms. The molecule has 1 aliphatic carbocycles. The molecule has 2 N–H and O–H groups in total. The summed E-state index contributed by atoms with van der Waals surface area (Å²) in [5.74, 6) is 2.20. The lowest BCUT2D eigenvalue weighted by Crippen LogP contribution is -2.48. The Labute approximate surface area is 123 Å². The Morgan fingerprint density at radius 3 is 2.75 bits per heavy atom. The fraction of sp³-hybridized carbons (Fsp3) is 0.938. The van der Waals surface area contributed by atoms with Gasteiger partial charge in [-0.1, -0.05) is 20.3 Å². The lowest BCUT2D eigenvalue weighted by atomic mass is 9.93. The van der Waals surface area contributed by atoms with Gasteiger partial charge in [-0.25, -0.2) is 0 Å². The Kier molecular flexibility index (Phi) is 5.44. The largest absolute Gasteiger partial charge is 0.353 e. The van der Waals surface area contributed by atoms with E-state index >= 15 is 0 Å². The SMILES string of the molecule is CC(C)CC(CNC(=O)C1NCC2CCCC21)N(C)C. The van der Waals surface area contributed by atoms with Crippen LogP contribution in [0.2, 0.25) is 0 Å². The molecule has 2 aliphatic rings. The van der Waals surface area contributed by atoms with Gasteiger partial charge in [-0.05, 0) is 57.7 Å². The van der Waals surface area contributed by atoms with Crippen molar-refractivity contribution in [1.82, 2.24) is 15.5 Å². The van der Waals surface area contributed by atoms with Crippen LogP contribution >= 0.6 is 0 Å². The zero-order valence-corrected chi connectivity index (χ0v) is 13.5. The van der Waals surface area contributed by atoms with Crippen LogP contribution in [-0.2, 0) is 4.79 Å². The van der Waals surface area contributed by atoms with Gasteiger partial charge < -0.3 is 15.5 Å². The number of carbonyl (C=O) groups excluding carboxylic acids is 1. The first-order valence-electron chi connectivity index (χ1n) is 8.16. The van der Waals surface area contributed by atoms with Gasteiger partial charge in [-0.3, -0.25) is 4.79 Å². The molecule has 2 rings (SSSR count). The highest BCUT2D eigenvalue weighted by Gasteiger charge is 2.42. The number of hydrogen-bond acceptors (Lipinski definition) is 3. The maximum absolute atomic E-state index is 12.4. The molecule has 0 aromatic rings. The number of rotatable bonds is 6. The second-order valence-corrected chi connectivity index (χ2v) is 7.23. The highest BCUT2D eigenvalue weighted by atomic mass is 16.2. The molecule has 0 aromatic heterocycles. The van der Waals surface area contributed by atoms with Crippen molar-refractivity contribution in [2.24, 2.45) is 17.8 Å². The average Bonchev–Trinajstić information content (AvgIpc) is 2.95. The quantitative estimate of drug-likeness (QED) is 0.775. The second kappa shape index (κ2) is 6.90. The van der Waals surface area contributed by atoms with Crippen molar-refractivity contribution in [3.8, 4) is 0 Å². The normalized spacial score (nSPS) is 30.8. The van der Waals surface area contributed by atoms with Crippen LogP contribution in [0.5, 0.6) is 0 Å². The first kappa shape index (κ1) is 15.8. The summed E-state index contributed by atoms with van der Waals surface area (Å²) < 4.78 is 0. The van der Waals surface area contributed by atoms with E-state index in [-0.39, 0.29) is 11.9 Å². The third kappa shape index (κ3) is 3.73. The first-order chi connectivity index (χ1) is 9.49. The van der Waals surface area contributed by atoms with Crippen LogP contribution < -0.4 is 10.6 Å². The maximum Gasteiger partial charge on any atom is 0.237 e. The molecule has 2 fully saturated rings. The number of nitrogens with zero attached hydrogens (tertiary/aromatic N) is 1. The monoisotopic (exact) mass is 281 g/mol. The molecule has 1 aliphatic heterocycles. The van der Waals surface area contributed by atoms with E-state index in [0.29, 0.717) is 17.9 Å². The molecule has 1 saturated carbocycles. The molecule has 0 aromatic carbocycles. The van der Waals surface area contributed by atoms with Gasteiger partial charge in [0.2, 0.25) is 5.91 Å². The minimum Gasteiger partial charge on any atom is -0.353 e. The minimum absolute atomic E-state index is 0.0596. The Morgan fingerprint density at radius 1 is 1.35 bits per heavy atom. The third-order valence-electron chi connectivity index (χ3n) is 5.01. The molecule has 4 atom stereocenters. The second-order valence-electron chi connectivity index (χ2n) is 7.23. The van der Waals surface area contributed by atoms with Gasteiger partial charge in [-0.15, -0.1) is 0 Å². The van der Waals surface area contributed by atoms with Crippen LogP contribution in [0.15, 0.2) is 0 Å². The molecule has 4 heteroatoms. The van der Waals surface area contributed by atoms with E-state index in [4.69, 9.17) is 0 Å². The minimum atomic E-state index is 0.0596. The lowest BCUT2D eigenvalue weighted by molar-refractivity contribution is -0.124. The van der Waals surface area contributed by atoms with Gasteiger partial charge >= 0.3 is 0 Å². The van der Waals surface area contributed by atoms with Gasteiger partial charge in [-0.2, -0.15) is 0 Å². The van der Waals surface area contributed by atoms with Crippen molar-refractivity contribution in [1.29, 1.82) is 0 Å². The number of amides is 1.